The number of rotatable bonds is 4. The van der Waals surface area contributed by atoms with Crippen LogP contribution in [0, 0.1) is 5.82 Å². The van der Waals surface area contributed by atoms with Gasteiger partial charge in [-0.1, -0.05) is 23.2 Å². The largest absolute Gasteiger partial charge is 0.481 e. The third-order valence-electron chi connectivity index (χ3n) is 6.62. The van der Waals surface area contributed by atoms with E-state index in [-0.39, 0.29) is 17.8 Å². The summed E-state index contributed by atoms with van der Waals surface area (Å²) in [4.78, 5) is 17.8. The van der Waals surface area contributed by atoms with E-state index in [0.29, 0.717) is 48.2 Å². The number of carbonyl (C=O) groups is 1. The van der Waals surface area contributed by atoms with E-state index in [9.17, 15) is 14.3 Å². The number of urea groups is 1. The molecule has 2 aromatic carbocycles. The number of likely N-dealkylation sites (N-methyl/N-ethyl adjacent to an activating group) is 1. The molecular weight excluding hydrogens is 456 g/mol. The van der Waals surface area contributed by atoms with Crippen LogP contribution in [0.3, 0.4) is 0 Å². The fourth-order valence-corrected chi connectivity index (χ4v) is 5.51. The Bertz CT molecular complexity index is 1070. The van der Waals surface area contributed by atoms with Crippen molar-refractivity contribution in [3.05, 3.63) is 57.3 Å². The second kappa shape index (κ2) is 8.37. The number of aliphatic hydroxyl groups is 1. The van der Waals surface area contributed by atoms with Gasteiger partial charge in [0.2, 0.25) is 0 Å². The number of anilines is 1. The van der Waals surface area contributed by atoms with E-state index in [0.717, 1.165) is 17.7 Å². The van der Waals surface area contributed by atoms with Crippen LogP contribution in [0.25, 0.3) is 0 Å². The first kappa shape index (κ1) is 21.8. The Morgan fingerprint density at radius 1 is 1.16 bits per heavy atom. The predicted octanol–water partition coefficient (Wildman–Crippen LogP) is 4.12. The predicted molar refractivity (Wildman–Crippen MR) is 121 cm³/mol. The molecule has 0 bridgehead atoms. The van der Waals surface area contributed by atoms with Gasteiger partial charge in [0.25, 0.3) is 0 Å². The number of likely N-dealkylation sites (tertiary alicyclic amines) is 1. The molecule has 1 aliphatic carbocycles. The van der Waals surface area contributed by atoms with Crippen molar-refractivity contribution in [2.75, 3.05) is 38.1 Å². The molecule has 2 aliphatic heterocycles. The van der Waals surface area contributed by atoms with Crippen LogP contribution in [0.5, 0.6) is 5.75 Å². The highest BCUT2D eigenvalue weighted by molar-refractivity contribution is 6.35. The van der Waals surface area contributed by atoms with Gasteiger partial charge in [-0.3, -0.25) is 9.80 Å². The lowest BCUT2D eigenvalue weighted by Gasteiger charge is -2.30. The maximum atomic E-state index is 14.8. The first-order valence-electron chi connectivity index (χ1n) is 10.7. The molecule has 3 aliphatic rings. The average molecular weight is 480 g/mol. The first-order chi connectivity index (χ1) is 15.3. The van der Waals surface area contributed by atoms with E-state index in [1.807, 2.05) is 6.07 Å². The molecule has 2 aromatic rings. The highest BCUT2D eigenvalue weighted by Crippen LogP contribution is 2.44. The molecule has 32 heavy (non-hydrogen) atoms. The molecule has 3 atom stereocenters. The van der Waals surface area contributed by atoms with Crippen LogP contribution in [0.1, 0.15) is 23.7 Å². The number of benzene rings is 2. The van der Waals surface area contributed by atoms with Crippen molar-refractivity contribution in [3.8, 4) is 5.75 Å². The molecule has 2 fully saturated rings. The Balaban J connectivity index is 1.50. The van der Waals surface area contributed by atoms with Crippen molar-refractivity contribution >= 4 is 34.9 Å². The molecule has 0 saturated carbocycles. The quantitative estimate of drug-likeness (QED) is 0.716. The van der Waals surface area contributed by atoms with Crippen LogP contribution < -0.4 is 9.64 Å². The number of hydrogen-bond donors (Lipinski definition) is 1. The standard InChI is InChI=1S/C23H24Cl2FN3O3/c1-27-6-7-29(23(27)31)14-2-3-19(26)21(10-14)32-22-17-8-13(24)9-18(25)16(17)11-20(22)28-5-4-15(30)12-28/h2-3,8-10,15,20,22,30H,4-7,11-12H2,1H3/t15?,20-,22-/m0/s1. The van der Waals surface area contributed by atoms with Gasteiger partial charge in [0, 0.05) is 60.6 Å². The minimum Gasteiger partial charge on any atom is -0.481 e. The fraction of sp³-hybridized carbons (Fsp3) is 0.435. The summed E-state index contributed by atoms with van der Waals surface area (Å²) in [6.07, 6.45) is 0.409. The molecule has 6 nitrogen and oxygen atoms in total. The Hall–Kier alpha value is -2.06. The van der Waals surface area contributed by atoms with Crippen LogP contribution in [0.4, 0.5) is 14.9 Å². The van der Waals surface area contributed by atoms with Crippen molar-refractivity contribution in [2.24, 2.45) is 0 Å². The van der Waals surface area contributed by atoms with Gasteiger partial charge < -0.3 is 14.7 Å². The van der Waals surface area contributed by atoms with Gasteiger partial charge in [-0.15, -0.1) is 0 Å². The highest BCUT2D eigenvalue weighted by Gasteiger charge is 2.42. The summed E-state index contributed by atoms with van der Waals surface area (Å²) >= 11 is 12.8. The summed E-state index contributed by atoms with van der Waals surface area (Å²) in [5, 5.41) is 11.1. The minimum absolute atomic E-state index is 0.0727. The molecule has 2 saturated heterocycles. The maximum absolute atomic E-state index is 14.8. The van der Waals surface area contributed by atoms with E-state index >= 15 is 0 Å². The molecule has 9 heteroatoms. The summed E-state index contributed by atoms with van der Waals surface area (Å²) in [6, 6.07) is 7.77. The monoisotopic (exact) mass is 479 g/mol. The second-order valence-electron chi connectivity index (χ2n) is 8.67. The van der Waals surface area contributed by atoms with E-state index < -0.39 is 18.0 Å². The number of amides is 2. The van der Waals surface area contributed by atoms with Gasteiger partial charge in [0.05, 0.1) is 12.1 Å². The van der Waals surface area contributed by atoms with Gasteiger partial charge in [-0.25, -0.2) is 9.18 Å². The molecule has 1 N–H and O–H groups in total. The van der Waals surface area contributed by atoms with Crippen LogP contribution in [-0.4, -0.2) is 66.3 Å². The molecule has 2 heterocycles. The number of ether oxygens (including phenoxy) is 1. The van der Waals surface area contributed by atoms with Crippen molar-refractivity contribution in [3.63, 3.8) is 0 Å². The van der Waals surface area contributed by atoms with Crippen LogP contribution in [0.2, 0.25) is 10.0 Å². The minimum atomic E-state index is -0.506. The number of β-amino-alcohol motifs (C(OH)–C–C–N with tert-alkyl or cyclic N) is 1. The zero-order chi connectivity index (χ0) is 22.6. The Labute approximate surface area is 196 Å². The summed E-state index contributed by atoms with van der Waals surface area (Å²) in [5.41, 5.74) is 2.35. The molecule has 1 unspecified atom stereocenters. The molecule has 0 spiro atoms. The second-order valence-corrected chi connectivity index (χ2v) is 9.52. The lowest BCUT2D eigenvalue weighted by Crippen LogP contribution is -2.39. The van der Waals surface area contributed by atoms with E-state index in [1.54, 1.807) is 35.0 Å². The summed E-state index contributed by atoms with van der Waals surface area (Å²) < 4.78 is 21.1. The van der Waals surface area contributed by atoms with E-state index in [4.69, 9.17) is 27.9 Å². The van der Waals surface area contributed by atoms with Gasteiger partial charge in [0.15, 0.2) is 11.6 Å². The number of hydrogen-bond acceptors (Lipinski definition) is 4. The Morgan fingerprint density at radius 3 is 2.66 bits per heavy atom. The Kier molecular flexibility index (Phi) is 5.70. The number of aliphatic hydroxyl groups excluding tert-OH is 1. The van der Waals surface area contributed by atoms with Crippen molar-refractivity contribution < 1.29 is 19.0 Å². The zero-order valence-electron chi connectivity index (χ0n) is 17.6. The topological polar surface area (TPSA) is 56.3 Å². The highest BCUT2D eigenvalue weighted by atomic mass is 35.5. The lowest BCUT2D eigenvalue weighted by molar-refractivity contribution is 0.0791. The first-order valence-corrected chi connectivity index (χ1v) is 11.5. The SMILES string of the molecule is CN1CCN(c2ccc(F)c(O[C@H]3c4cc(Cl)cc(Cl)c4C[C@@H]3N3CCC(O)C3)c2)C1=O. The number of halogens is 3. The summed E-state index contributed by atoms with van der Waals surface area (Å²) in [5.74, 6) is -0.431. The van der Waals surface area contributed by atoms with Crippen LogP contribution in [0.15, 0.2) is 30.3 Å². The van der Waals surface area contributed by atoms with E-state index in [2.05, 4.69) is 4.90 Å². The number of nitrogens with zero attached hydrogens (tertiary/aromatic N) is 3. The summed E-state index contributed by atoms with van der Waals surface area (Å²) in [7, 11) is 1.74. The van der Waals surface area contributed by atoms with Gasteiger partial charge in [-0.05, 0) is 42.7 Å². The fourth-order valence-electron chi connectivity index (χ4n) is 4.92. The molecule has 0 aromatic heterocycles. The number of carbonyl (C=O) groups excluding carboxylic acids is 1. The van der Waals surface area contributed by atoms with Gasteiger partial charge in [-0.2, -0.15) is 0 Å². The summed E-state index contributed by atoms with van der Waals surface area (Å²) in [6.45, 7) is 2.40. The molecule has 5 rings (SSSR count). The zero-order valence-corrected chi connectivity index (χ0v) is 19.1. The average Bonchev–Trinajstić information content (AvgIpc) is 3.42. The third kappa shape index (κ3) is 3.81. The van der Waals surface area contributed by atoms with Crippen LogP contribution >= 0.6 is 23.2 Å². The smallest absolute Gasteiger partial charge is 0.324 e. The lowest BCUT2D eigenvalue weighted by atomic mass is 10.1. The number of fused-ring (bicyclic) bond motifs is 1. The molecule has 170 valence electrons. The van der Waals surface area contributed by atoms with Crippen LogP contribution in [-0.2, 0) is 6.42 Å². The van der Waals surface area contributed by atoms with Gasteiger partial charge in [0.1, 0.15) is 6.10 Å². The third-order valence-corrected chi connectivity index (χ3v) is 7.18. The normalized spacial score (nSPS) is 25.7. The molecular formula is C23H24Cl2FN3O3. The molecule has 2 amide bonds. The van der Waals surface area contributed by atoms with E-state index in [1.165, 1.54) is 6.07 Å². The van der Waals surface area contributed by atoms with Crippen molar-refractivity contribution in [1.29, 1.82) is 0 Å². The van der Waals surface area contributed by atoms with Crippen molar-refractivity contribution in [2.45, 2.75) is 31.1 Å². The van der Waals surface area contributed by atoms with Gasteiger partial charge >= 0.3 is 6.03 Å². The molecule has 0 radical (unpaired) electrons. The Morgan fingerprint density at radius 2 is 1.97 bits per heavy atom. The van der Waals surface area contributed by atoms with Crippen molar-refractivity contribution in [1.82, 2.24) is 9.80 Å². The maximum Gasteiger partial charge on any atom is 0.324 e.